The van der Waals surface area contributed by atoms with Gasteiger partial charge in [-0.3, -0.25) is 4.79 Å². The molecule has 0 radical (unpaired) electrons. The van der Waals surface area contributed by atoms with Gasteiger partial charge in [0, 0.05) is 26.2 Å². The van der Waals surface area contributed by atoms with Crippen LogP contribution in [0.2, 0.25) is 5.02 Å². The number of sulfonamides is 1. The van der Waals surface area contributed by atoms with Gasteiger partial charge in [-0.25, -0.2) is 8.42 Å². The van der Waals surface area contributed by atoms with Crippen molar-refractivity contribution in [3.63, 3.8) is 0 Å². The van der Waals surface area contributed by atoms with Crippen molar-refractivity contribution >= 4 is 27.5 Å². The Hall–Kier alpha value is -1.35. The Labute approximate surface area is 158 Å². The molecule has 144 valence electrons. The van der Waals surface area contributed by atoms with Gasteiger partial charge in [-0.2, -0.15) is 4.31 Å². The lowest BCUT2D eigenvalue weighted by molar-refractivity contribution is -0.123. The number of hydrogen-bond acceptors (Lipinski definition) is 5. The highest BCUT2D eigenvalue weighted by Gasteiger charge is 2.27. The summed E-state index contributed by atoms with van der Waals surface area (Å²) in [6.45, 7) is 2.07. The maximum absolute atomic E-state index is 12.5. The third-order valence-corrected chi connectivity index (χ3v) is 6.71. The summed E-state index contributed by atoms with van der Waals surface area (Å²) in [7, 11) is -3.53. The van der Waals surface area contributed by atoms with Crippen molar-refractivity contribution < 1.29 is 22.7 Å². The summed E-state index contributed by atoms with van der Waals surface area (Å²) < 4.78 is 37.4. The van der Waals surface area contributed by atoms with Crippen molar-refractivity contribution in [3.05, 3.63) is 23.2 Å². The van der Waals surface area contributed by atoms with Crippen LogP contribution >= 0.6 is 11.6 Å². The first-order valence-corrected chi connectivity index (χ1v) is 10.6. The van der Waals surface area contributed by atoms with Crippen LogP contribution in [0.3, 0.4) is 0 Å². The molecule has 0 aromatic heterocycles. The number of rotatable bonds is 7. The third-order valence-electron chi connectivity index (χ3n) is 4.52. The highest BCUT2D eigenvalue weighted by atomic mass is 35.5. The SMILES string of the molecule is O=C(COc1ccc(S(=O)(=O)N2CCCC2)cc1Cl)NC[C@@H]1CCCO1. The van der Waals surface area contributed by atoms with Gasteiger partial charge in [0.1, 0.15) is 5.75 Å². The molecule has 1 atom stereocenters. The van der Waals surface area contributed by atoms with Crippen LogP contribution in [0.4, 0.5) is 0 Å². The van der Waals surface area contributed by atoms with E-state index in [4.69, 9.17) is 21.1 Å². The Morgan fingerprint density at radius 1 is 1.31 bits per heavy atom. The summed E-state index contributed by atoms with van der Waals surface area (Å²) in [5.41, 5.74) is 0. The smallest absolute Gasteiger partial charge is 0.258 e. The van der Waals surface area contributed by atoms with Crippen molar-refractivity contribution in [3.8, 4) is 5.75 Å². The molecule has 2 aliphatic heterocycles. The van der Waals surface area contributed by atoms with Crippen LogP contribution in [-0.4, -0.2) is 57.6 Å². The Morgan fingerprint density at radius 3 is 2.73 bits per heavy atom. The zero-order valence-corrected chi connectivity index (χ0v) is 16.0. The lowest BCUT2D eigenvalue weighted by Gasteiger charge is -2.16. The number of benzene rings is 1. The number of nitrogens with zero attached hydrogens (tertiary/aromatic N) is 1. The molecule has 1 aromatic carbocycles. The first kappa shape index (κ1) is 19.4. The normalized spacial score (nSPS) is 21.0. The minimum Gasteiger partial charge on any atom is -0.482 e. The van der Waals surface area contributed by atoms with E-state index in [-0.39, 0.29) is 34.3 Å². The van der Waals surface area contributed by atoms with E-state index in [2.05, 4.69) is 5.32 Å². The number of carbonyl (C=O) groups excluding carboxylic acids is 1. The van der Waals surface area contributed by atoms with Gasteiger partial charge in [-0.15, -0.1) is 0 Å². The van der Waals surface area contributed by atoms with Crippen LogP contribution in [0.1, 0.15) is 25.7 Å². The number of amides is 1. The van der Waals surface area contributed by atoms with Crippen LogP contribution in [0.15, 0.2) is 23.1 Å². The molecule has 26 heavy (non-hydrogen) atoms. The molecule has 0 bridgehead atoms. The minimum absolute atomic E-state index is 0.0672. The second-order valence-corrected chi connectivity index (χ2v) is 8.78. The molecule has 9 heteroatoms. The van der Waals surface area contributed by atoms with Crippen molar-refractivity contribution in [2.45, 2.75) is 36.7 Å². The molecule has 0 saturated carbocycles. The topological polar surface area (TPSA) is 84.9 Å². The van der Waals surface area contributed by atoms with Crippen LogP contribution in [-0.2, 0) is 19.6 Å². The lowest BCUT2D eigenvalue weighted by atomic mass is 10.2. The number of hydrogen-bond donors (Lipinski definition) is 1. The molecule has 1 N–H and O–H groups in total. The maximum Gasteiger partial charge on any atom is 0.258 e. The maximum atomic E-state index is 12.5. The van der Waals surface area contributed by atoms with Crippen LogP contribution in [0.5, 0.6) is 5.75 Å². The van der Waals surface area contributed by atoms with Gasteiger partial charge in [-0.1, -0.05) is 11.6 Å². The zero-order valence-electron chi connectivity index (χ0n) is 14.4. The molecule has 0 spiro atoms. The van der Waals surface area contributed by atoms with Crippen molar-refractivity contribution in [1.82, 2.24) is 9.62 Å². The van der Waals surface area contributed by atoms with Crippen molar-refractivity contribution in [2.75, 3.05) is 32.8 Å². The van der Waals surface area contributed by atoms with Gasteiger partial charge in [-0.05, 0) is 43.9 Å². The molecule has 7 nitrogen and oxygen atoms in total. The van der Waals surface area contributed by atoms with Gasteiger partial charge < -0.3 is 14.8 Å². The standard InChI is InChI=1S/C17H23ClN2O5S/c18-15-10-14(26(22,23)20-7-1-2-8-20)5-6-16(15)25-12-17(21)19-11-13-4-3-9-24-13/h5-6,10,13H,1-4,7-9,11-12H2,(H,19,21)/t13-/m0/s1. The summed E-state index contributed by atoms with van der Waals surface area (Å²) in [6, 6.07) is 4.31. The molecule has 3 rings (SSSR count). The molecule has 2 fully saturated rings. The molecular weight excluding hydrogens is 380 g/mol. The van der Waals surface area contributed by atoms with Crippen LogP contribution in [0, 0.1) is 0 Å². The first-order chi connectivity index (χ1) is 12.5. The summed E-state index contributed by atoms with van der Waals surface area (Å²) >= 11 is 6.15. The highest BCUT2D eigenvalue weighted by molar-refractivity contribution is 7.89. The predicted molar refractivity (Wildman–Crippen MR) is 96.9 cm³/mol. The lowest BCUT2D eigenvalue weighted by Crippen LogP contribution is -2.35. The Kier molecular flexibility index (Phi) is 6.39. The molecule has 2 aliphatic rings. The third kappa shape index (κ3) is 4.68. The largest absolute Gasteiger partial charge is 0.482 e. The summed E-state index contributed by atoms with van der Waals surface area (Å²) in [4.78, 5) is 12.0. The number of halogens is 1. The molecule has 0 unspecified atom stereocenters. The first-order valence-electron chi connectivity index (χ1n) is 8.77. The molecule has 2 heterocycles. The Morgan fingerprint density at radius 2 is 2.08 bits per heavy atom. The van der Waals surface area contributed by atoms with E-state index in [0.717, 1.165) is 32.3 Å². The van der Waals surface area contributed by atoms with Crippen LogP contribution in [0.25, 0.3) is 0 Å². The minimum atomic E-state index is -3.53. The van der Waals surface area contributed by atoms with E-state index in [9.17, 15) is 13.2 Å². The van der Waals surface area contributed by atoms with E-state index in [1.54, 1.807) is 0 Å². The van der Waals surface area contributed by atoms with Gasteiger partial charge >= 0.3 is 0 Å². The van der Waals surface area contributed by atoms with E-state index in [0.29, 0.717) is 19.6 Å². The zero-order chi connectivity index (χ0) is 18.6. The fraction of sp³-hybridized carbons (Fsp3) is 0.588. The monoisotopic (exact) mass is 402 g/mol. The highest BCUT2D eigenvalue weighted by Crippen LogP contribution is 2.29. The molecular formula is C17H23ClN2O5S. The second-order valence-electron chi connectivity index (χ2n) is 6.43. The Balaban J connectivity index is 1.54. The van der Waals surface area contributed by atoms with E-state index >= 15 is 0 Å². The number of ether oxygens (including phenoxy) is 2. The van der Waals surface area contributed by atoms with Gasteiger partial charge in [0.05, 0.1) is 16.0 Å². The van der Waals surface area contributed by atoms with Gasteiger partial charge in [0.2, 0.25) is 10.0 Å². The summed E-state index contributed by atoms with van der Waals surface area (Å²) in [6.07, 6.45) is 3.77. The average Bonchev–Trinajstić information content (AvgIpc) is 3.32. The van der Waals surface area contributed by atoms with E-state index in [1.807, 2.05) is 0 Å². The number of nitrogens with one attached hydrogen (secondary N) is 1. The summed E-state index contributed by atoms with van der Waals surface area (Å²) in [5, 5.41) is 2.92. The molecule has 1 aromatic rings. The second kappa shape index (κ2) is 8.56. The predicted octanol–water partition coefficient (Wildman–Crippen LogP) is 1.80. The van der Waals surface area contributed by atoms with E-state index < -0.39 is 10.0 Å². The van der Waals surface area contributed by atoms with E-state index in [1.165, 1.54) is 22.5 Å². The fourth-order valence-electron chi connectivity index (χ4n) is 3.06. The van der Waals surface area contributed by atoms with Gasteiger partial charge in [0.15, 0.2) is 6.61 Å². The molecule has 0 aliphatic carbocycles. The van der Waals surface area contributed by atoms with Gasteiger partial charge in [0.25, 0.3) is 5.91 Å². The van der Waals surface area contributed by atoms with Crippen LogP contribution < -0.4 is 10.1 Å². The molecule has 1 amide bonds. The Bertz CT molecular complexity index is 744. The number of carbonyl (C=O) groups is 1. The fourth-order valence-corrected chi connectivity index (χ4v) is 4.91. The van der Waals surface area contributed by atoms with Crippen molar-refractivity contribution in [1.29, 1.82) is 0 Å². The molecule has 2 saturated heterocycles. The average molecular weight is 403 g/mol. The summed E-state index contributed by atoms with van der Waals surface area (Å²) in [5.74, 6) is 0.00429. The quantitative estimate of drug-likeness (QED) is 0.751. The van der Waals surface area contributed by atoms with Crippen molar-refractivity contribution in [2.24, 2.45) is 0 Å².